The van der Waals surface area contributed by atoms with Crippen molar-refractivity contribution in [2.75, 3.05) is 0 Å². The molecule has 44 heavy (non-hydrogen) atoms. The molecule has 0 N–H and O–H groups in total. The quantitative estimate of drug-likeness (QED) is 0.0946. The molecule has 0 aliphatic carbocycles. The summed E-state index contributed by atoms with van der Waals surface area (Å²) in [5, 5.41) is 0. The molecule has 0 saturated carbocycles. The van der Waals surface area contributed by atoms with Gasteiger partial charge in [0.15, 0.2) is 23.0 Å². The lowest BCUT2D eigenvalue weighted by molar-refractivity contribution is 0.152. The predicted octanol–water partition coefficient (Wildman–Crippen LogP) is 11.6. The highest BCUT2D eigenvalue weighted by molar-refractivity contribution is 7.34. The Labute approximate surface area is 263 Å². The van der Waals surface area contributed by atoms with Crippen LogP contribution in [0, 0.1) is 0 Å². The summed E-state index contributed by atoms with van der Waals surface area (Å²) in [6, 6.07) is 28.9. The van der Waals surface area contributed by atoms with Gasteiger partial charge in [-0.05, 0) is 48.5 Å². The lowest BCUT2D eigenvalue weighted by Gasteiger charge is -2.06. The molecule has 0 spiro atoms. The molecule has 4 aromatic rings. The van der Waals surface area contributed by atoms with E-state index in [1.54, 1.807) is 72.8 Å². The van der Waals surface area contributed by atoms with Crippen molar-refractivity contribution in [2.24, 2.45) is 0 Å². The SMILES string of the molecule is CC.CC.CC.CC.O=C(Oc1cccc(O[P+](=O)Oc2ccccc2)c1)Oc1cccc(O[P+](=O)Oc2ccccc2)c1. The Morgan fingerprint density at radius 3 is 1.02 bits per heavy atom. The lowest BCUT2D eigenvalue weighted by Crippen LogP contribution is -2.13. The van der Waals surface area contributed by atoms with E-state index in [0.717, 1.165) is 0 Å². The summed E-state index contributed by atoms with van der Waals surface area (Å²) in [5.41, 5.74) is 0. The molecule has 0 aromatic heterocycles. The van der Waals surface area contributed by atoms with E-state index < -0.39 is 22.7 Å². The van der Waals surface area contributed by atoms with E-state index in [4.69, 9.17) is 27.6 Å². The van der Waals surface area contributed by atoms with Gasteiger partial charge < -0.3 is 9.47 Å². The van der Waals surface area contributed by atoms with E-state index in [9.17, 15) is 13.9 Å². The number of ether oxygens (including phenoxy) is 2. The second-order valence-electron chi connectivity index (χ2n) is 6.84. The zero-order valence-electron chi connectivity index (χ0n) is 26.5. The summed E-state index contributed by atoms with van der Waals surface area (Å²) in [5.74, 6) is 1.28. The van der Waals surface area contributed by atoms with Crippen LogP contribution in [-0.2, 0) is 9.13 Å². The van der Waals surface area contributed by atoms with Gasteiger partial charge in [-0.25, -0.2) is 22.9 Å². The van der Waals surface area contributed by atoms with Crippen LogP contribution in [-0.4, -0.2) is 6.16 Å². The molecule has 11 heteroatoms. The van der Waals surface area contributed by atoms with E-state index in [1.807, 2.05) is 55.4 Å². The molecule has 2 unspecified atom stereocenters. The maximum Gasteiger partial charge on any atom is 0.805 e. The maximum atomic E-state index is 12.2. The number of hydrogen-bond acceptors (Lipinski definition) is 9. The molecule has 0 heterocycles. The first-order valence-corrected chi connectivity index (χ1v) is 16.6. The number of para-hydroxylation sites is 2. The number of carbonyl (C=O) groups excluding carboxylic acids is 1. The van der Waals surface area contributed by atoms with E-state index in [1.165, 1.54) is 36.4 Å². The van der Waals surface area contributed by atoms with Gasteiger partial charge >= 0.3 is 22.7 Å². The van der Waals surface area contributed by atoms with Gasteiger partial charge in [-0.15, -0.1) is 0 Å². The Morgan fingerprint density at radius 2 is 0.682 bits per heavy atom. The second-order valence-corrected chi connectivity index (χ2v) is 8.47. The Morgan fingerprint density at radius 1 is 0.409 bits per heavy atom. The maximum absolute atomic E-state index is 12.2. The molecule has 0 saturated heterocycles. The van der Waals surface area contributed by atoms with Crippen molar-refractivity contribution in [3.63, 3.8) is 0 Å². The topological polar surface area (TPSA) is 107 Å². The summed E-state index contributed by atoms with van der Waals surface area (Å²) in [6.07, 6.45) is -1.04. The number of carbonyl (C=O) groups is 1. The van der Waals surface area contributed by atoms with Gasteiger partial charge in [-0.1, -0.05) is 104 Å². The first kappa shape index (κ1) is 39.5. The van der Waals surface area contributed by atoms with Gasteiger partial charge in [0.2, 0.25) is 0 Å². The summed E-state index contributed by atoms with van der Waals surface area (Å²) in [6.45, 7) is 16.0. The minimum absolute atomic E-state index is 0.0901. The summed E-state index contributed by atoms with van der Waals surface area (Å²) in [4.78, 5) is 12.2. The standard InChI is InChI=1S/C25H18O9P2.4C2H6/c26-25(29-21-13-7-15-23(17-21)33-35(27)31-19-9-3-1-4-10-19)30-22-14-8-16-24(18-22)34-36(28)32-20-11-5-2-6-12-20;4*1-2/h1-18H;4*1-2H3/q+2;;;;. The predicted molar refractivity (Wildman–Crippen MR) is 176 cm³/mol. The molecule has 0 amide bonds. The first-order valence-electron chi connectivity index (χ1n) is 14.4. The van der Waals surface area contributed by atoms with Crippen molar-refractivity contribution in [3.8, 4) is 34.5 Å². The van der Waals surface area contributed by atoms with Crippen LogP contribution in [0.4, 0.5) is 4.79 Å². The molecule has 0 aliphatic heterocycles. The fraction of sp³-hybridized carbons (Fsp3) is 0.242. The zero-order valence-corrected chi connectivity index (χ0v) is 28.2. The number of hydrogen-bond donors (Lipinski definition) is 0. The average molecular weight is 645 g/mol. The van der Waals surface area contributed by atoms with Crippen molar-refractivity contribution < 1.29 is 41.5 Å². The van der Waals surface area contributed by atoms with Crippen LogP contribution in [0.2, 0.25) is 0 Å². The minimum Gasteiger partial charge on any atom is -0.395 e. The smallest absolute Gasteiger partial charge is 0.395 e. The highest BCUT2D eigenvalue weighted by atomic mass is 31.1. The molecular weight excluding hydrogens is 602 g/mol. The van der Waals surface area contributed by atoms with E-state index >= 15 is 0 Å². The minimum atomic E-state index is -2.50. The molecule has 4 aromatic carbocycles. The van der Waals surface area contributed by atoms with Crippen LogP contribution in [0.5, 0.6) is 34.5 Å². The van der Waals surface area contributed by atoms with Gasteiger partial charge in [-0.2, -0.15) is 0 Å². The Bertz CT molecular complexity index is 1250. The third-order valence-electron chi connectivity index (χ3n) is 4.22. The Kier molecular flexibility index (Phi) is 22.5. The van der Waals surface area contributed by atoms with Crippen molar-refractivity contribution >= 4 is 22.7 Å². The fourth-order valence-corrected chi connectivity index (χ4v) is 3.98. The third-order valence-corrected chi connectivity index (χ3v) is 5.66. The zero-order chi connectivity index (χ0) is 33.2. The lowest BCUT2D eigenvalue weighted by atomic mass is 10.3. The van der Waals surface area contributed by atoms with Crippen LogP contribution < -0.4 is 27.6 Å². The largest absolute Gasteiger partial charge is 0.805 e. The van der Waals surface area contributed by atoms with E-state index in [0.29, 0.717) is 11.5 Å². The van der Waals surface area contributed by atoms with Crippen molar-refractivity contribution in [1.82, 2.24) is 0 Å². The Balaban J connectivity index is 0.00000214. The van der Waals surface area contributed by atoms with Crippen molar-refractivity contribution in [1.29, 1.82) is 0 Å². The van der Waals surface area contributed by atoms with E-state index in [2.05, 4.69) is 0 Å². The number of benzene rings is 4. The number of rotatable bonds is 10. The molecule has 0 fully saturated rings. The van der Waals surface area contributed by atoms with Crippen LogP contribution >= 0.6 is 16.5 Å². The fourth-order valence-electron chi connectivity index (χ4n) is 2.75. The highest BCUT2D eigenvalue weighted by Gasteiger charge is 2.25. The van der Waals surface area contributed by atoms with Gasteiger partial charge in [0, 0.05) is 21.3 Å². The normalized spacial score (nSPS) is 9.55. The van der Waals surface area contributed by atoms with Crippen LogP contribution in [0.3, 0.4) is 0 Å². The molecule has 0 aliphatic rings. The second kappa shape index (κ2) is 25.1. The molecule has 2 atom stereocenters. The monoisotopic (exact) mass is 644 g/mol. The molecule has 236 valence electrons. The Hall–Kier alpha value is -4.45. The van der Waals surface area contributed by atoms with Crippen LogP contribution in [0.1, 0.15) is 55.4 Å². The molecule has 0 bridgehead atoms. The van der Waals surface area contributed by atoms with Gasteiger partial charge in [0.1, 0.15) is 11.5 Å². The van der Waals surface area contributed by atoms with Gasteiger partial charge in [-0.3, -0.25) is 0 Å². The van der Waals surface area contributed by atoms with Crippen molar-refractivity contribution in [2.45, 2.75) is 55.4 Å². The van der Waals surface area contributed by atoms with Crippen molar-refractivity contribution in [3.05, 3.63) is 109 Å². The molecule has 0 radical (unpaired) electrons. The summed E-state index contributed by atoms with van der Waals surface area (Å²) >= 11 is 0. The van der Waals surface area contributed by atoms with Gasteiger partial charge in [0.25, 0.3) is 0 Å². The average Bonchev–Trinajstić information content (AvgIpc) is 3.06. The molecule has 9 nitrogen and oxygen atoms in total. The molecule has 4 rings (SSSR count). The summed E-state index contributed by atoms with van der Waals surface area (Å²) in [7, 11) is -5.01. The highest BCUT2D eigenvalue weighted by Crippen LogP contribution is 2.33. The van der Waals surface area contributed by atoms with E-state index in [-0.39, 0.29) is 23.0 Å². The third kappa shape index (κ3) is 16.3. The van der Waals surface area contributed by atoms with Crippen LogP contribution in [0.25, 0.3) is 0 Å². The van der Waals surface area contributed by atoms with Crippen LogP contribution in [0.15, 0.2) is 109 Å². The molecular formula is C33H42O9P2+2. The first-order chi connectivity index (χ1) is 21.5. The summed E-state index contributed by atoms with van der Waals surface area (Å²) < 4.78 is 55.4. The van der Waals surface area contributed by atoms with Gasteiger partial charge in [0.05, 0.1) is 0 Å².